The normalized spacial score (nSPS) is 15.8. The summed E-state index contributed by atoms with van der Waals surface area (Å²) in [6.45, 7) is 1.65. The maximum absolute atomic E-state index is 12.1. The molecular weight excluding hydrogens is 338 g/mol. The van der Waals surface area contributed by atoms with Gasteiger partial charge in [-0.15, -0.1) is 11.3 Å². The van der Waals surface area contributed by atoms with Crippen molar-refractivity contribution in [2.75, 3.05) is 13.1 Å². The molecule has 0 aliphatic carbocycles. The summed E-state index contributed by atoms with van der Waals surface area (Å²) in [5.41, 5.74) is 1.00. The lowest BCUT2D eigenvalue weighted by atomic mass is 10.3. The van der Waals surface area contributed by atoms with Crippen LogP contribution < -0.4 is 4.80 Å². The third-order valence-electron chi connectivity index (χ3n) is 3.26. The lowest BCUT2D eigenvalue weighted by molar-refractivity contribution is 0.218. The van der Waals surface area contributed by atoms with E-state index in [1.54, 1.807) is 0 Å². The van der Waals surface area contributed by atoms with E-state index in [4.69, 9.17) is 0 Å². The summed E-state index contributed by atoms with van der Waals surface area (Å²) in [4.78, 5) is 18.9. The van der Waals surface area contributed by atoms with E-state index < -0.39 is 0 Å². The van der Waals surface area contributed by atoms with Gasteiger partial charge in [0.25, 0.3) is 0 Å². The highest BCUT2D eigenvalue weighted by Gasteiger charge is 2.17. The summed E-state index contributed by atoms with van der Waals surface area (Å²) in [5, 5.41) is 1.94. The molecule has 0 saturated carbocycles. The number of likely N-dealkylation sites (tertiary alicyclic amines) is 1. The van der Waals surface area contributed by atoms with Crippen LogP contribution in [0.25, 0.3) is 5.69 Å². The van der Waals surface area contributed by atoms with Crippen molar-refractivity contribution in [3.05, 3.63) is 45.1 Å². The lowest BCUT2D eigenvalue weighted by Gasteiger charge is -2.10. The second-order valence-electron chi connectivity index (χ2n) is 4.62. The van der Waals surface area contributed by atoms with Crippen LogP contribution in [0.2, 0.25) is 0 Å². The molecule has 1 aliphatic heterocycles. The van der Waals surface area contributed by atoms with Crippen LogP contribution in [-0.2, 0) is 0 Å². The highest BCUT2D eigenvalue weighted by Crippen LogP contribution is 2.13. The fourth-order valence-corrected chi connectivity index (χ4v) is 3.19. The monoisotopic (exact) mass is 351 g/mol. The van der Waals surface area contributed by atoms with Crippen LogP contribution in [0.4, 0.5) is 4.79 Å². The Hall–Kier alpha value is -1.40. The Morgan fingerprint density at radius 2 is 1.90 bits per heavy atom. The molecule has 20 heavy (non-hydrogen) atoms. The predicted octanol–water partition coefficient (Wildman–Crippen LogP) is 3.42. The van der Waals surface area contributed by atoms with Gasteiger partial charge < -0.3 is 4.90 Å². The maximum Gasteiger partial charge on any atom is 0.346 e. The van der Waals surface area contributed by atoms with E-state index in [0.717, 1.165) is 36.1 Å². The minimum absolute atomic E-state index is 0.129. The number of amides is 2. The van der Waals surface area contributed by atoms with Gasteiger partial charge in [0.1, 0.15) is 0 Å². The Kier molecular flexibility index (Phi) is 4.03. The van der Waals surface area contributed by atoms with Crippen LogP contribution in [0.5, 0.6) is 0 Å². The van der Waals surface area contributed by atoms with Crippen molar-refractivity contribution < 1.29 is 4.79 Å². The van der Waals surface area contributed by atoms with Gasteiger partial charge in [-0.05, 0) is 37.1 Å². The Morgan fingerprint density at radius 3 is 2.60 bits per heavy atom. The number of rotatable bonds is 1. The molecule has 0 unspecified atom stereocenters. The molecule has 1 saturated heterocycles. The summed E-state index contributed by atoms with van der Waals surface area (Å²) in [6.07, 6.45) is 4.10. The largest absolute Gasteiger partial charge is 0.346 e. The van der Waals surface area contributed by atoms with Crippen molar-refractivity contribution in [3.8, 4) is 5.69 Å². The highest BCUT2D eigenvalue weighted by atomic mass is 79.9. The minimum atomic E-state index is -0.129. The van der Waals surface area contributed by atoms with E-state index in [1.807, 2.05) is 45.3 Å². The van der Waals surface area contributed by atoms with Crippen LogP contribution in [0.1, 0.15) is 12.8 Å². The number of carbonyl (C=O) groups excluding carboxylic acids is 1. The SMILES string of the molecule is O=C(N=c1sccn1-c1ccc(Br)cc1)N1CCCC1. The molecule has 0 spiro atoms. The van der Waals surface area contributed by atoms with E-state index in [0.29, 0.717) is 4.80 Å². The first-order valence-electron chi connectivity index (χ1n) is 6.50. The zero-order valence-electron chi connectivity index (χ0n) is 10.8. The van der Waals surface area contributed by atoms with Gasteiger partial charge in [0, 0.05) is 34.8 Å². The summed E-state index contributed by atoms with van der Waals surface area (Å²) in [6, 6.07) is 7.82. The third kappa shape index (κ3) is 2.86. The van der Waals surface area contributed by atoms with Crippen molar-refractivity contribution in [3.63, 3.8) is 0 Å². The van der Waals surface area contributed by atoms with Crippen LogP contribution in [0.3, 0.4) is 0 Å². The number of aromatic nitrogens is 1. The van der Waals surface area contributed by atoms with Gasteiger partial charge in [-0.2, -0.15) is 4.99 Å². The zero-order valence-corrected chi connectivity index (χ0v) is 13.2. The topological polar surface area (TPSA) is 37.6 Å². The Bertz CT molecular complexity index is 668. The Balaban J connectivity index is 1.93. The molecular formula is C14H14BrN3OS. The smallest absolute Gasteiger partial charge is 0.323 e. The van der Waals surface area contributed by atoms with Crippen LogP contribution >= 0.6 is 27.3 Å². The number of urea groups is 1. The molecule has 1 aromatic heterocycles. The van der Waals surface area contributed by atoms with Crippen molar-refractivity contribution in [2.45, 2.75) is 12.8 Å². The van der Waals surface area contributed by atoms with Gasteiger partial charge in [-0.3, -0.25) is 4.57 Å². The van der Waals surface area contributed by atoms with E-state index in [1.165, 1.54) is 11.3 Å². The summed E-state index contributed by atoms with van der Waals surface area (Å²) < 4.78 is 2.97. The molecule has 0 bridgehead atoms. The molecule has 1 fully saturated rings. The van der Waals surface area contributed by atoms with Gasteiger partial charge in [0.05, 0.1) is 0 Å². The van der Waals surface area contributed by atoms with Crippen LogP contribution in [0, 0.1) is 0 Å². The Labute approximate surface area is 129 Å². The molecule has 2 heterocycles. The van der Waals surface area contributed by atoms with Crippen LogP contribution in [-0.4, -0.2) is 28.6 Å². The predicted molar refractivity (Wildman–Crippen MR) is 83.1 cm³/mol. The number of hydrogen-bond acceptors (Lipinski definition) is 2. The van der Waals surface area contributed by atoms with Gasteiger partial charge in [0.2, 0.25) is 0 Å². The Morgan fingerprint density at radius 1 is 1.20 bits per heavy atom. The van der Waals surface area contributed by atoms with E-state index in [2.05, 4.69) is 20.9 Å². The van der Waals surface area contributed by atoms with Crippen molar-refractivity contribution in [1.82, 2.24) is 9.47 Å². The van der Waals surface area contributed by atoms with E-state index >= 15 is 0 Å². The quantitative estimate of drug-likeness (QED) is 0.775. The average Bonchev–Trinajstić information content (AvgIpc) is 3.10. The molecule has 104 valence electrons. The summed E-state index contributed by atoms with van der Waals surface area (Å²) in [5.74, 6) is 0. The number of nitrogens with zero attached hydrogens (tertiary/aromatic N) is 3. The lowest BCUT2D eigenvalue weighted by Crippen LogP contribution is -2.27. The third-order valence-corrected chi connectivity index (χ3v) is 4.55. The first-order chi connectivity index (χ1) is 9.74. The first-order valence-corrected chi connectivity index (χ1v) is 8.17. The van der Waals surface area contributed by atoms with Crippen molar-refractivity contribution >= 4 is 33.3 Å². The molecule has 6 heteroatoms. The molecule has 1 aromatic carbocycles. The molecule has 0 radical (unpaired) electrons. The van der Waals surface area contributed by atoms with E-state index in [9.17, 15) is 4.79 Å². The molecule has 2 aromatic rings. The fourth-order valence-electron chi connectivity index (χ4n) is 2.21. The minimum Gasteiger partial charge on any atom is -0.323 e. The average molecular weight is 352 g/mol. The van der Waals surface area contributed by atoms with Crippen molar-refractivity contribution in [2.24, 2.45) is 4.99 Å². The second kappa shape index (κ2) is 5.93. The van der Waals surface area contributed by atoms with Gasteiger partial charge in [-0.1, -0.05) is 15.9 Å². The molecule has 4 nitrogen and oxygen atoms in total. The van der Waals surface area contributed by atoms with E-state index in [-0.39, 0.29) is 6.03 Å². The van der Waals surface area contributed by atoms with Crippen LogP contribution in [0.15, 0.2) is 45.3 Å². The summed E-state index contributed by atoms with van der Waals surface area (Å²) in [7, 11) is 0. The number of halogens is 1. The molecule has 3 rings (SSSR count). The number of thiazole rings is 1. The fraction of sp³-hybridized carbons (Fsp3) is 0.286. The van der Waals surface area contributed by atoms with Gasteiger partial charge >= 0.3 is 6.03 Å². The van der Waals surface area contributed by atoms with Gasteiger partial charge in [0.15, 0.2) is 4.80 Å². The first kappa shape index (κ1) is 13.6. The number of hydrogen-bond donors (Lipinski definition) is 0. The maximum atomic E-state index is 12.1. The van der Waals surface area contributed by atoms with Gasteiger partial charge in [-0.25, -0.2) is 4.79 Å². The summed E-state index contributed by atoms with van der Waals surface area (Å²) >= 11 is 4.89. The zero-order chi connectivity index (χ0) is 13.9. The number of carbonyl (C=O) groups is 1. The second-order valence-corrected chi connectivity index (χ2v) is 6.41. The molecule has 2 amide bonds. The molecule has 0 atom stereocenters. The molecule has 0 N–H and O–H groups in total. The number of benzene rings is 1. The van der Waals surface area contributed by atoms with Crippen molar-refractivity contribution in [1.29, 1.82) is 0 Å². The highest BCUT2D eigenvalue weighted by molar-refractivity contribution is 9.10. The molecule has 1 aliphatic rings. The standard InChI is InChI=1S/C14H14BrN3OS/c15-11-3-5-12(6-4-11)18-9-10-20-14(18)16-13(19)17-7-1-2-8-17/h3-6,9-10H,1-2,7-8H2.